The quantitative estimate of drug-likeness (QED) is 0.749. The maximum absolute atomic E-state index is 10.5. The first-order chi connectivity index (χ1) is 6.02. The summed E-state index contributed by atoms with van der Waals surface area (Å²) in [6, 6.07) is 0.910. The molecule has 0 radical (unpaired) electrons. The fraction of sp³-hybridized carbons (Fsp3) is 0. The first kappa shape index (κ1) is 9.47. The summed E-state index contributed by atoms with van der Waals surface area (Å²) in [7, 11) is 0. The highest BCUT2D eigenvalue weighted by atomic mass is 35.5. The number of rotatable bonds is 2. The highest BCUT2D eigenvalue weighted by Crippen LogP contribution is 2.15. The molecule has 1 heterocycles. The van der Waals surface area contributed by atoms with Crippen molar-refractivity contribution in [3.05, 3.63) is 28.5 Å². The number of carbonyl (C=O) groups is 2. The van der Waals surface area contributed by atoms with Crippen LogP contribution in [-0.4, -0.2) is 27.1 Å². The van der Waals surface area contributed by atoms with Crippen molar-refractivity contribution in [2.75, 3.05) is 0 Å². The fourth-order valence-electron chi connectivity index (χ4n) is 0.720. The summed E-state index contributed by atoms with van der Waals surface area (Å²) in [5.74, 6) is -2.57. The molecule has 0 aliphatic heterocycles. The summed E-state index contributed by atoms with van der Waals surface area (Å²) < 4.78 is 0. The predicted molar refractivity (Wildman–Crippen MR) is 43.2 cm³/mol. The summed E-state index contributed by atoms with van der Waals surface area (Å²) in [6.07, 6.45) is 0.995. The van der Waals surface area contributed by atoms with Crippen LogP contribution in [0.4, 0.5) is 0 Å². The molecule has 6 heteroatoms. The number of aromatic carboxylic acids is 2. The maximum Gasteiger partial charge on any atom is 0.354 e. The van der Waals surface area contributed by atoms with E-state index in [1.54, 1.807) is 0 Å². The van der Waals surface area contributed by atoms with Gasteiger partial charge in [-0.05, 0) is 6.07 Å². The second-order valence-electron chi connectivity index (χ2n) is 2.16. The minimum Gasteiger partial charge on any atom is -0.478 e. The van der Waals surface area contributed by atoms with Gasteiger partial charge in [-0.1, -0.05) is 11.6 Å². The average Bonchev–Trinajstić information content (AvgIpc) is 2.04. The highest BCUT2D eigenvalue weighted by Gasteiger charge is 2.13. The van der Waals surface area contributed by atoms with Crippen LogP contribution in [-0.2, 0) is 0 Å². The molecule has 0 aliphatic rings. The van der Waals surface area contributed by atoms with Gasteiger partial charge in [-0.15, -0.1) is 0 Å². The largest absolute Gasteiger partial charge is 0.478 e. The molecule has 1 aromatic rings. The lowest BCUT2D eigenvalue weighted by Crippen LogP contribution is -2.05. The van der Waals surface area contributed by atoms with Crippen LogP contribution in [0.15, 0.2) is 12.3 Å². The number of hydrogen-bond donors (Lipinski definition) is 2. The first-order valence-corrected chi connectivity index (χ1v) is 3.52. The summed E-state index contributed by atoms with van der Waals surface area (Å²) in [4.78, 5) is 24.3. The Bertz CT molecular complexity index is 377. The molecule has 0 fully saturated rings. The lowest BCUT2D eigenvalue weighted by Gasteiger charge is -1.98. The monoisotopic (exact) mass is 201 g/mol. The molecule has 0 saturated heterocycles. The molecule has 0 spiro atoms. The summed E-state index contributed by atoms with van der Waals surface area (Å²) >= 11 is 5.46. The molecule has 0 atom stereocenters. The van der Waals surface area contributed by atoms with Crippen molar-refractivity contribution >= 4 is 23.5 Å². The van der Waals surface area contributed by atoms with Crippen LogP contribution in [0.1, 0.15) is 20.8 Å². The number of aromatic nitrogens is 1. The summed E-state index contributed by atoms with van der Waals surface area (Å²) in [6.45, 7) is 0. The van der Waals surface area contributed by atoms with Crippen molar-refractivity contribution in [3.8, 4) is 0 Å². The minimum absolute atomic E-state index is 0.0856. The Labute approximate surface area is 77.6 Å². The summed E-state index contributed by atoms with van der Waals surface area (Å²) in [5, 5.41) is 17.0. The van der Waals surface area contributed by atoms with Gasteiger partial charge in [-0.2, -0.15) is 0 Å². The average molecular weight is 202 g/mol. The standard InChI is InChI=1S/C7H4ClNO4/c8-4-2-9-5(7(12)13)1-3(4)6(10)11/h1-2H,(H,10,11)(H,12,13). The van der Waals surface area contributed by atoms with Gasteiger partial charge >= 0.3 is 11.9 Å². The molecule has 5 nitrogen and oxygen atoms in total. The van der Waals surface area contributed by atoms with E-state index in [2.05, 4.69) is 4.98 Å². The van der Waals surface area contributed by atoms with Gasteiger partial charge in [0, 0.05) is 6.20 Å². The van der Waals surface area contributed by atoms with E-state index in [4.69, 9.17) is 21.8 Å². The van der Waals surface area contributed by atoms with E-state index in [1.807, 2.05) is 0 Å². The van der Waals surface area contributed by atoms with E-state index in [9.17, 15) is 9.59 Å². The first-order valence-electron chi connectivity index (χ1n) is 3.14. The van der Waals surface area contributed by atoms with E-state index >= 15 is 0 Å². The van der Waals surface area contributed by atoms with E-state index < -0.39 is 11.9 Å². The Hall–Kier alpha value is -1.62. The van der Waals surface area contributed by atoms with Gasteiger partial charge in [-0.3, -0.25) is 0 Å². The zero-order valence-electron chi connectivity index (χ0n) is 6.19. The third-order valence-electron chi connectivity index (χ3n) is 1.30. The van der Waals surface area contributed by atoms with Crippen molar-refractivity contribution in [3.63, 3.8) is 0 Å². The van der Waals surface area contributed by atoms with Crippen LogP contribution >= 0.6 is 11.6 Å². The highest BCUT2D eigenvalue weighted by molar-refractivity contribution is 6.33. The van der Waals surface area contributed by atoms with Gasteiger partial charge in [0.1, 0.15) is 5.69 Å². The number of carboxylic acids is 2. The van der Waals surface area contributed by atoms with Gasteiger partial charge in [-0.25, -0.2) is 14.6 Å². The number of hydrogen-bond acceptors (Lipinski definition) is 3. The SMILES string of the molecule is O=C(O)c1cc(C(=O)O)c(Cl)cn1. The minimum atomic E-state index is -1.29. The molecule has 0 unspecified atom stereocenters. The summed E-state index contributed by atoms with van der Waals surface area (Å²) in [5.41, 5.74) is -0.615. The van der Waals surface area contributed by atoms with Gasteiger partial charge in [0.05, 0.1) is 10.6 Å². The molecule has 0 aliphatic carbocycles. The van der Waals surface area contributed by atoms with Crippen molar-refractivity contribution in [2.24, 2.45) is 0 Å². The Morgan fingerprint density at radius 2 is 1.92 bits per heavy atom. The normalized spacial score (nSPS) is 9.62. The van der Waals surface area contributed by atoms with Crippen LogP contribution in [0.3, 0.4) is 0 Å². The molecular formula is C7H4ClNO4. The van der Waals surface area contributed by atoms with Crippen molar-refractivity contribution in [2.45, 2.75) is 0 Å². The number of carboxylic acid groups (broad SMARTS) is 2. The fourth-order valence-corrected chi connectivity index (χ4v) is 0.904. The van der Waals surface area contributed by atoms with E-state index in [-0.39, 0.29) is 16.3 Å². The Morgan fingerprint density at radius 1 is 1.31 bits per heavy atom. The van der Waals surface area contributed by atoms with E-state index in [1.165, 1.54) is 0 Å². The van der Waals surface area contributed by atoms with Crippen LogP contribution < -0.4 is 0 Å². The van der Waals surface area contributed by atoms with Crippen LogP contribution in [0.5, 0.6) is 0 Å². The number of nitrogens with zero attached hydrogens (tertiary/aromatic N) is 1. The Kier molecular flexibility index (Phi) is 2.48. The number of halogens is 1. The molecule has 68 valence electrons. The van der Waals surface area contributed by atoms with Crippen molar-refractivity contribution in [1.82, 2.24) is 4.98 Å². The van der Waals surface area contributed by atoms with E-state index in [0.717, 1.165) is 12.3 Å². The molecule has 0 amide bonds. The van der Waals surface area contributed by atoms with Crippen LogP contribution in [0.2, 0.25) is 5.02 Å². The third-order valence-corrected chi connectivity index (χ3v) is 1.61. The molecule has 2 N–H and O–H groups in total. The van der Waals surface area contributed by atoms with Gasteiger partial charge < -0.3 is 10.2 Å². The Balaban J connectivity index is 3.27. The van der Waals surface area contributed by atoms with Crippen LogP contribution in [0.25, 0.3) is 0 Å². The van der Waals surface area contributed by atoms with E-state index in [0.29, 0.717) is 0 Å². The molecule has 0 saturated carbocycles. The van der Waals surface area contributed by atoms with Crippen molar-refractivity contribution < 1.29 is 19.8 Å². The molecular weight excluding hydrogens is 198 g/mol. The molecule has 0 aromatic carbocycles. The Morgan fingerprint density at radius 3 is 2.38 bits per heavy atom. The lowest BCUT2D eigenvalue weighted by molar-refractivity contribution is 0.0690. The van der Waals surface area contributed by atoms with Crippen LogP contribution in [0, 0.1) is 0 Å². The smallest absolute Gasteiger partial charge is 0.354 e. The van der Waals surface area contributed by atoms with Crippen molar-refractivity contribution in [1.29, 1.82) is 0 Å². The zero-order chi connectivity index (χ0) is 10.0. The van der Waals surface area contributed by atoms with Gasteiger partial charge in [0.25, 0.3) is 0 Å². The van der Waals surface area contributed by atoms with Gasteiger partial charge in [0.15, 0.2) is 0 Å². The predicted octanol–water partition coefficient (Wildman–Crippen LogP) is 1.13. The maximum atomic E-state index is 10.5. The zero-order valence-corrected chi connectivity index (χ0v) is 6.95. The molecule has 1 rings (SSSR count). The third kappa shape index (κ3) is 1.94. The molecule has 13 heavy (non-hydrogen) atoms. The van der Waals surface area contributed by atoms with Gasteiger partial charge in [0.2, 0.25) is 0 Å². The lowest BCUT2D eigenvalue weighted by atomic mass is 10.2. The molecule has 1 aromatic heterocycles. The molecule has 0 bridgehead atoms. The number of pyridine rings is 1. The second kappa shape index (κ2) is 3.40. The topological polar surface area (TPSA) is 87.5 Å². The second-order valence-corrected chi connectivity index (χ2v) is 2.57.